The molecule has 1 fully saturated rings. The molecule has 1 saturated carbocycles. The van der Waals surface area contributed by atoms with Gasteiger partial charge in [0.2, 0.25) is 0 Å². The average Bonchev–Trinajstić information content (AvgIpc) is 2.13. The van der Waals surface area contributed by atoms with E-state index in [-0.39, 0.29) is 0 Å². The molecule has 0 unspecified atom stereocenters. The maximum Gasteiger partial charge on any atom is 0.0594 e. The molecule has 0 radical (unpaired) electrons. The highest BCUT2D eigenvalue weighted by Gasteiger charge is 2.21. The van der Waals surface area contributed by atoms with Crippen molar-refractivity contribution in [3.05, 3.63) is 0 Å². The topological polar surface area (TPSA) is 38.5 Å². The molecule has 3 heteroatoms. The van der Waals surface area contributed by atoms with E-state index in [2.05, 4.69) is 18.7 Å². The zero-order chi connectivity index (χ0) is 11.1. The van der Waals surface area contributed by atoms with Gasteiger partial charge >= 0.3 is 0 Å². The van der Waals surface area contributed by atoms with Gasteiger partial charge in [0, 0.05) is 25.7 Å². The summed E-state index contributed by atoms with van der Waals surface area (Å²) >= 11 is 0. The van der Waals surface area contributed by atoms with Gasteiger partial charge < -0.3 is 10.5 Å². The van der Waals surface area contributed by atoms with Gasteiger partial charge in [-0.15, -0.1) is 0 Å². The third kappa shape index (κ3) is 4.96. The number of nitrogens with zero attached hydrogens (tertiary/aromatic N) is 1. The van der Waals surface area contributed by atoms with Crippen molar-refractivity contribution in [1.29, 1.82) is 0 Å². The summed E-state index contributed by atoms with van der Waals surface area (Å²) in [6.07, 6.45) is 4.28. The highest BCUT2D eigenvalue weighted by atomic mass is 16.5. The highest BCUT2D eigenvalue weighted by Crippen LogP contribution is 2.27. The van der Waals surface area contributed by atoms with Gasteiger partial charge in [0.1, 0.15) is 0 Å². The summed E-state index contributed by atoms with van der Waals surface area (Å²) in [4.78, 5) is 2.53. The smallest absolute Gasteiger partial charge is 0.0594 e. The molecule has 0 spiro atoms. The summed E-state index contributed by atoms with van der Waals surface area (Å²) in [6, 6.07) is 0.632. The summed E-state index contributed by atoms with van der Waals surface area (Å²) in [5.41, 5.74) is 5.38. The van der Waals surface area contributed by atoms with E-state index >= 15 is 0 Å². The van der Waals surface area contributed by atoms with Crippen molar-refractivity contribution in [3.63, 3.8) is 0 Å². The third-order valence-corrected chi connectivity index (χ3v) is 3.23. The van der Waals surface area contributed by atoms with Crippen LogP contribution in [0.4, 0.5) is 0 Å². The van der Waals surface area contributed by atoms with E-state index in [1.165, 1.54) is 25.8 Å². The van der Waals surface area contributed by atoms with Crippen LogP contribution in [0.2, 0.25) is 0 Å². The summed E-state index contributed by atoms with van der Waals surface area (Å²) in [5, 5.41) is 0. The average molecular weight is 214 g/mol. The number of hydrogen-bond acceptors (Lipinski definition) is 3. The molecular formula is C12H26N2O. The molecule has 0 aromatic carbocycles. The number of rotatable bonds is 8. The predicted molar refractivity (Wildman–Crippen MR) is 63.9 cm³/mol. The number of hydrogen-bond donors (Lipinski definition) is 1. The van der Waals surface area contributed by atoms with Crippen molar-refractivity contribution in [2.45, 2.75) is 39.2 Å². The molecule has 2 N–H and O–H groups in total. The van der Waals surface area contributed by atoms with E-state index in [1.54, 1.807) is 0 Å². The predicted octanol–water partition coefficient (Wildman–Crippen LogP) is 1.47. The first kappa shape index (κ1) is 12.9. The first-order chi connectivity index (χ1) is 7.24. The van der Waals surface area contributed by atoms with E-state index in [0.29, 0.717) is 19.2 Å². The summed E-state index contributed by atoms with van der Waals surface area (Å²) in [7, 11) is 0. The molecule has 15 heavy (non-hydrogen) atoms. The van der Waals surface area contributed by atoms with E-state index in [1.807, 2.05) is 0 Å². The second-order valence-corrected chi connectivity index (χ2v) is 4.79. The van der Waals surface area contributed by atoms with Crippen molar-refractivity contribution >= 4 is 0 Å². The van der Waals surface area contributed by atoms with Crippen LogP contribution in [0.25, 0.3) is 0 Å². The molecule has 0 aliphatic heterocycles. The minimum absolute atomic E-state index is 0.629. The van der Waals surface area contributed by atoms with Gasteiger partial charge in [0.05, 0.1) is 13.2 Å². The second-order valence-electron chi connectivity index (χ2n) is 4.79. The van der Waals surface area contributed by atoms with E-state index in [9.17, 15) is 0 Å². The second kappa shape index (κ2) is 7.20. The van der Waals surface area contributed by atoms with Crippen molar-refractivity contribution in [1.82, 2.24) is 4.90 Å². The molecule has 1 rings (SSSR count). The molecule has 0 aromatic heterocycles. The van der Waals surface area contributed by atoms with Gasteiger partial charge in [-0.25, -0.2) is 0 Å². The maximum atomic E-state index is 5.43. The summed E-state index contributed by atoms with van der Waals surface area (Å²) in [5.74, 6) is 0.946. The van der Waals surface area contributed by atoms with Gasteiger partial charge in [-0.05, 0) is 32.6 Å². The van der Waals surface area contributed by atoms with Crippen LogP contribution < -0.4 is 5.73 Å². The third-order valence-electron chi connectivity index (χ3n) is 3.23. The number of ether oxygens (including phenoxy) is 1. The van der Waals surface area contributed by atoms with Gasteiger partial charge in [-0.1, -0.05) is 6.42 Å². The van der Waals surface area contributed by atoms with Gasteiger partial charge in [-0.3, -0.25) is 4.90 Å². The minimum atomic E-state index is 0.629. The van der Waals surface area contributed by atoms with Crippen LogP contribution in [0.3, 0.4) is 0 Å². The lowest BCUT2D eigenvalue weighted by Crippen LogP contribution is -2.39. The van der Waals surface area contributed by atoms with Crippen molar-refractivity contribution in [2.24, 2.45) is 11.7 Å². The van der Waals surface area contributed by atoms with Crippen LogP contribution in [0.15, 0.2) is 0 Å². The molecule has 0 heterocycles. The SMILES string of the molecule is CC(C)N(CCOCCN)CC1CCC1. The molecule has 0 amide bonds. The van der Waals surface area contributed by atoms with Gasteiger partial charge in [0.15, 0.2) is 0 Å². The maximum absolute atomic E-state index is 5.43. The van der Waals surface area contributed by atoms with E-state index in [4.69, 9.17) is 10.5 Å². The molecule has 0 aromatic rings. The van der Waals surface area contributed by atoms with Crippen LogP contribution >= 0.6 is 0 Å². The lowest BCUT2D eigenvalue weighted by molar-refractivity contribution is 0.0789. The highest BCUT2D eigenvalue weighted by molar-refractivity contribution is 4.75. The first-order valence-electron chi connectivity index (χ1n) is 6.26. The zero-order valence-corrected chi connectivity index (χ0v) is 10.2. The van der Waals surface area contributed by atoms with Crippen LogP contribution in [-0.2, 0) is 4.74 Å². The Bertz CT molecular complexity index is 158. The monoisotopic (exact) mass is 214 g/mol. The molecule has 1 aliphatic carbocycles. The fourth-order valence-corrected chi connectivity index (χ4v) is 1.93. The van der Waals surface area contributed by atoms with Crippen LogP contribution in [0.1, 0.15) is 33.1 Å². The fourth-order valence-electron chi connectivity index (χ4n) is 1.93. The lowest BCUT2D eigenvalue weighted by Gasteiger charge is -2.34. The lowest BCUT2D eigenvalue weighted by atomic mass is 9.85. The van der Waals surface area contributed by atoms with E-state index in [0.717, 1.165) is 19.1 Å². The standard InChI is InChI=1S/C12H26N2O/c1-11(2)14(7-9-15-8-6-13)10-12-4-3-5-12/h11-12H,3-10,13H2,1-2H3. The van der Waals surface area contributed by atoms with Crippen molar-refractivity contribution in [3.8, 4) is 0 Å². The molecule has 0 bridgehead atoms. The van der Waals surface area contributed by atoms with Gasteiger partial charge in [-0.2, -0.15) is 0 Å². The van der Waals surface area contributed by atoms with E-state index < -0.39 is 0 Å². The van der Waals surface area contributed by atoms with Crippen LogP contribution in [0.5, 0.6) is 0 Å². The normalized spacial score (nSPS) is 17.4. The molecular weight excluding hydrogens is 188 g/mol. The number of nitrogens with two attached hydrogens (primary N) is 1. The van der Waals surface area contributed by atoms with Crippen LogP contribution in [0, 0.1) is 5.92 Å². The fraction of sp³-hybridized carbons (Fsp3) is 1.00. The van der Waals surface area contributed by atoms with Crippen molar-refractivity contribution < 1.29 is 4.74 Å². The summed E-state index contributed by atoms with van der Waals surface area (Å²) < 4.78 is 5.43. The van der Waals surface area contributed by atoms with Crippen molar-refractivity contribution in [2.75, 3.05) is 32.8 Å². The zero-order valence-electron chi connectivity index (χ0n) is 10.2. The molecule has 3 nitrogen and oxygen atoms in total. The summed E-state index contributed by atoms with van der Waals surface area (Å²) in [6.45, 7) is 8.97. The van der Waals surface area contributed by atoms with Crippen LogP contribution in [-0.4, -0.2) is 43.8 Å². The Morgan fingerprint density at radius 2 is 2.07 bits per heavy atom. The molecule has 0 atom stereocenters. The Morgan fingerprint density at radius 3 is 2.53 bits per heavy atom. The minimum Gasteiger partial charge on any atom is -0.379 e. The molecule has 0 saturated heterocycles. The Labute approximate surface area is 94.0 Å². The Balaban J connectivity index is 2.11. The Morgan fingerprint density at radius 1 is 1.33 bits per heavy atom. The molecule has 1 aliphatic rings. The molecule has 90 valence electrons. The Kier molecular flexibility index (Phi) is 6.22. The first-order valence-corrected chi connectivity index (χ1v) is 6.26. The van der Waals surface area contributed by atoms with Gasteiger partial charge in [0.25, 0.3) is 0 Å². The largest absolute Gasteiger partial charge is 0.379 e. The Hall–Kier alpha value is -0.120. The quantitative estimate of drug-likeness (QED) is 0.622.